The first-order valence-corrected chi connectivity index (χ1v) is 5.60. The summed E-state index contributed by atoms with van der Waals surface area (Å²) >= 11 is 0. The molecule has 0 N–H and O–H groups in total. The summed E-state index contributed by atoms with van der Waals surface area (Å²) in [5.41, 5.74) is 2.35. The van der Waals surface area contributed by atoms with E-state index >= 15 is 0 Å². The summed E-state index contributed by atoms with van der Waals surface area (Å²) in [6.45, 7) is 4.20. The van der Waals surface area contributed by atoms with Gasteiger partial charge in [0.1, 0.15) is 0 Å². The van der Waals surface area contributed by atoms with Crippen molar-refractivity contribution in [2.75, 3.05) is 6.61 Å². The van der Waals surface area contributed by atoms with Gasteiger partial charge in [0, 0.05) is 6.08 Å². The number of benzene rings is 1. The van der Waals surface area contributed by atoms with Gasteiger partial charge in [0.05, 0.1) is 6.61 Å². The van der Waals surface area contributed by atoms with Gasteiger partial charge in [-0.1, -0.05) is 35.9 Å². The van der Waals surface area contributed by atoms with Crippen LogP contribution in [0.25, 0.3) is 0 Å². The fourth-order valence-corrected chi connectivity index (χ4v) is 1.44. The van der Waals surface area contributed by atoms with Gasteiger partial charge in [0.15, 0.2) is 0 Å². The van der Waals surface area contributed by atoms with Crippen LogP contribution in [0.2, 0.25) is 0 Å². The molecule has 0 bridgehead atoms. The molecule has 2 heteroatoms. The monoisotopic (exact) mass is 218 g/mol. The van der Waals surface area contributed by atoms with Crippen molar-refractivity contribution >= 4 is 5.97 Å². The number of carbonyl (C=O) groups is 1. The lowest BCUT2D eigenvalue weighted by Crippen LogP contribution is -2.00. The molecule has 0 fully saturated rings. The molecule has 0 aromatic heterocycles. The second-order valence-corrected chi connectivity index (χ2v) is 3.73. The summed E-state index contributed by atoms with van der Waals surface area (Å²) in [5.74, 6) is -0.243. The van der Waals surface area contributed by atoms with Crippen LogP contribution in [0.15, 0.2) is 42.0 Å². The van der Waals surface area contributed by atoms with Crippen molar-refractivity contribution in [3.8, 4) is 0 Å². The first-order valence-electron chi connectivity index (χ1n) is 5.60. The van der Waals surface area contributed by atoms with Crippen LogP contribution < -0.4 is 0 Å². The third kappa shape index (κ3) is 4.78. The Bertz CT molecular complexity index is 352. The lowest BCUT2D eigenvalue weighted by molar-refractivity contribution is -0.137. The number of aryl methyl sites for hydroxylation is 1. The Morgan fingerprint density at radius 2 is 2.00 bits per heavy atom. The van der Waals surface area contributed by atoms with E-state index in [-0.39, 0.29) is 5.97 Å². The number of hydrogen-bond acceptors (Lipinski definition) is 2. The molecule has 0 unspecified atom stereocenters. The van der Waals surface area contributed by atoms with Crippen LogP contribution in [0.3, 0.4) is 0 Å². The summed E-state index contributed by atoms with van der Waals surface area (Å²) in [4.78, 5) is 11.2. The molecule has 1 rings (SSSR count). The van der Waals surface area contributed by atoms with Crippen LogP contribution in [0.4, 0.5) is 0 Å². The molecule has 0 aliphatic heterocycles. The number of rotatable bonds is 5. The minimum absolute atomic E-state index is 0.243. The predicted molar refractivity (Wildman–Crippen MR) is 65.2 cm³/mol. The largest absolute Gasteiger partial charge is 0.463 e. The van der Waals surface area contributed by atoms with E-state index in [1.54, 1.807) is 6.08 Å². The summed E-state index contributed by atoms with van der Waals surface area (Å²) in [7, 11) is 0. The standard InChI is InChI=1S/C14H18O2/c1-3-16-14(15)11-12(2)9-10-13-7-5-4-6-8-13/h4-8,11H,3,9-10H2,1-2H3/b12-11-. The second-order valence-electron chi connectivity index (χ2n) is 3.73. The molecular formula is C14H18O2. The maximum atomic E-state index is 11.2. The molecule has 0 saturated carbocycles. The molecule has 86 valence electrons. The Labute approximate surface area is 96.9 Å². The fourth-order valence-electron chi connectivity index (χ4n) is 1.44. The minimum atomic E-state index is -0.243. The number of allylic oxidation sites excluding steroid dienone is 1. The van der Waals surface area contributed by atoms with Crippen molar-refractivity contribution in [1.29, 1.82) is 0 Å². The van der Waals surface area contributed by atoms with E-state index < -0.39 is 0 Å². The van der Waals surface area contributed by atoms with E-state index in [9.17, 15) is 4.79 Å². The van der Waals surface area contributed by atoms with Crippen molar-refractivity contribution in [2.45, 2.75) is 26.7 Å². The van der Waals surface area contributed by atoms with Gasteiger partial charge in [0.2, 0.25) is 0 Å². The average molecular weight is 218 g/mol. The molecule has 16 heavy (non-hydrogen) atoms. The Morgan fingerprint density at radius 1 is 1.31 bits per heavy atom. The van der Waals surface area contributed by atoms with Crippen molar-refractivity contribution in [2.24, 2.45) is 0 Å². The van der Waals surface area contributed by atoms with Crippen LogP contribution >= 0.6 is 0 Å². The molecule has 0 atom stereocenters. The third-order valence-corrected chi connectivity index (χ3v) is 2.30. The van der Waals surface area contributed by atoms with Crippen LogP contribution in [0.1, 0.15) is 25.8 Å². The first-order chi connectivity index (χ1) is 7.72. The normalized spacial score (nSPS) is 11.2. The predicted octanol–water partition coefficient (Wildman–Crippen LogP) is 3.13. The first kappa shape index (κ1) is 12.5. The van der Waals surface area contributed by atoms with E-state index in [4.69, 9.17) is 4.74 Å². The maximum absolute atomic E-state index is 11.2. The van der Waals surface area contributed by atoms with E-state index in [1.165, 1.54) is 5.56 Å². The molecule has 2 nitrogen and oxygen atoms in total. The molecule has 1 aromatic rings. The van der Waals surface area contributed by atoms with Gasteiger partial charge in [-0.25, -0.2) is 4.79 Å². The third-order valence-electron chi connectivity index (χ3n) is 2.30. The number of esters is 1. The van der Waals surface area contributed by atoms with Gasteiger partial charge in [-0.3, -0.25) is 0 Å². The summed E-state index contributed by atoms with van der Waals surface area (Å²) < 4.78 is 4.85. The zero-order valence-electron chi connectivity index (χ0n) is 9.90. The second kappa shape index (κ2) is 6.83. The number of carbonyl (C=O) groups excluding carboxylic acids is 1. The molecular weight excluding hydrogens is 200 g/mol. The molecule has 1 aromatic carbocycles. The molecule has 0 aliphatic carbocycles. The topological polar surface area (TPSA) is 26.3 Å². The van der Waals surface area contributed by atoms with E-state index in [1.807, 2.05) is 32.0 Å². The zero-order valence-corrected chi connectivity index (χ0v) is 9.90. The smallest absolute Gasteiger partial charge is 0.330 e. The molecule has 0 aliphatic rings. The Hall–Kier alpha value is -1.57. The molecule has 0 saturated heterocycles. The van der Waals surface area contributed by atoms with Gasteiger partial charge < -0.3 is 4.74 Å². The van der Waals surface area contributed by atoms with E-state index in [2.05, 4.69) is 12.1 Å². The van der Waals surface area contributed by atoms with Crippen molar-refractivity contribution in [3.63, 3.8) is 0 Å². The lowest BCUT2D eigenvalue weighted by atomic mass is 10.1. The van der Waals surface area contributed by atoms with Gasteiger partial charge in [-0.05, 0) is 32.3 Å². The lowest BCUT2D eigenvalue weighted by Gasteiger charge is -2.02. The Morgan fingerprint density at radius 3 is 2.62 bits per heavy atom. The zero-order chi connectivity index (χ0) is 11.8. The van der Waals surface area contributed by atoms with Gasteiger partial charge in [-0.15, -0.1) is 0 Å². The highest BCUT2D eigenvalue weighted by atomic mass is 16.5. The molecule has 0 amide bonds. The Balaban J connectivity index is 2.40. The van der Waals surface area contributed by atoms with Gasteiger partial charge in [0.25, 0.3) is 0 Å². The Kier molecular flexibility index (Phi) is 5.34. The summed E-state index contributed by atoms with van der Waals surface area (Å²) in [5, 5.41) is 0. The summed E-state index contributed by atoms with van der Waals surface area (Å²) in [6.07, 6.45) is 3.43. The molecule has 0 heterocycles. The highest BCUT2D eigenvalue weighted by molar-refractivity contribution is 5.82. The molecule has 0 radical (unpaired) electrons. The quantitative estimate of drug-likeness (QED) is 0.560. The van der Waals surface area contributed by atoms with Crippen LogP contribution in [0, 0.1) is 0 Å². The minimum Gasteiger partial charge on any atom is -0.463 e. The van der Waals surface area contributed by atoms with Crippen LogP contribution in [-0.4, -0.2) is 12.6 Å². The van der Waals surface area contributed by atoms with Crippen LogP contribution in [0.5, 0.6) is 0 Å². The number of hydrogen-bond donors (Lipinski definition) is 0. The highest BCUT2D eigenvalue weighted by Gasteiger charge is 1.98. The summed E-state index contributed by atoms with van der Waals surface area (Å²) in [6, 6.07) is 10.2. The van der Waals surface area contributed by atoms with Gasteiger partial charge >= 0.3 is 5.97 Å². The van der Waals surface area contributed by atoms with E-state index in [0.717, 1.165) is 18.4 Å². The van der Waals surface area contributed by atoms with Gasteiger partial charge in [-0.2, -0.15) is 0 Å². The van der Waals surface area contributed by atoms with E-state index in [0.29, 0.717) is 6.61 Å². The van der Waals surface area contributed by atoms with Crippen molar-refractivity contribution in [1.82, 2.24) is 0 Å². The van der Waals surface area contributed by atoms with Crippen molar-refractivity contribution in [3.05, 3.63) is 47.5 Å². The van der Waals surface area contributed by atoms with Crippen LogP contribution in [-0.2, 0) is 16.0 Å². The highest BCUT2D eigenvalue weighted by Crippen LogP contribution is 2.08. The molecule has 0 spiro atoms. The van der Waals surface area contributed by atoms with Crippen molar-refractivity contribution < 1.29 is 9.53 Å². The average Bonchev–Trinajstić information content (AvgIpc) is 2.28. The maximum Gasteiger partial charge on any atom is 0.330 e. The fraction of sp³-hybridized carbons (Fsp3) is 0.357. The SMILES string of the molecule is CCOC(=O)/C=C(/C)CCc1ccccc1. The number of ether oxygens (including phenoxy) is 1.